The summed E-state index contributed by atoms with van der Waals surface area (Å²) in [6.07, 6.45) is 1.70. The lowest BCUT2D eigenvalue weighted by molar-refractivity contribution is 0.124. The Morgan fingerprint density at radius 2 is 2.00 bits per heavy atom. The zero-order chi connectivity index (χ0) is 11.4. The van der Waals surface area contributed by atoms with Crippen molar-refractivity contribution in [2.45, 2.75) is 6.61 Å². The van der Waals surface area contributed by atoms with Crippen LogP contribution in [0.2, 0.25) is 0 Å². The molecule has 82 valence electrons. The van der Waals surface area contributed by atoms with Crippen LogP contribution in [0.15, 0.2) is 36.5 Å². The standard InChI is InChI=1S/C11H12N4O/c12-11-3-1-2-10(15-11)9-5-4-8(6-14-9)7-16-13/h1-6H,7,13H2,(H2,12,15). The van der Waals surface area contributed by atoms with E-state index in [4.69, 9.17) is 11.6 Å². The van der Waals surface area contributed by atoms with Gasteiger partial charge >= 0.3 is 0 Å². The van der Waals surface area contributed by atoms with Crippen molar-refractivity contribution in [3.05, 3.63) is 42.1 Å². The topological polar surface area (TPSA) is 87.0 Å². The van der Waals surface area contributed by atoms with Crippen LogP contribution in [0.1, 0.15) is 5.56 Å². The molecule has 0 radical (unpaired) electrons. The molecule has 0 aliphatic heterocycles. The summed E-state index contributed by atoms with van der Waals surface area (Å²) in [5.41, 5.74) is 8.03. The molecular weight excluding hydrogens is 204 g/mol. The molecule has 0 fully saturated rings. The highest BCUT2D eigenvalue weighted by Crippen LogP contribution is 2.15. The monoisotopic (exact) mass is 216 g/mol. The molecule has 2 aromatic rings. The second-order valence-corrected chi connectivity index (χ2v) is 3.31. The Morgan fingerprint density at radius 3 is 2.62 bits per heavy atom. The van der Waals surface area contributed by atoms with Gasteiger partial charge in [0, 0.05) is 6.20 Å². The van der Waals surface area contributed by atoms with E-state index in [0.29, 0.717) is 12.4 Å². The van der Waals surface area contributed by atoms with E-state index in [0.717, 1.165) is 17.0 Å². The fourth-order valence-corrected chi connectivity index (χ4v) is 1.35. The number of pyridine rings is 2. The van der Waals surface area contributed by atoms with E-state index in [-0.39, 0.29) is 0 Å². The number of rotatable bonds is 3. The van der Waals surface area contributed by atoms with Gasteiger partial charge in [-0.2, -0.15) is 0 Å². The van der Waals surface area contributed by atoms with Crippen LogP contribution in [-0.2, 0) is 11.4 Å². The van der Waals surface area contributed by atoms with Gasteiger partial charge in [-0.05, 0) is 23.8 Å². The third kappa shape index (κ3) is 2.33. The molecule has 4 N–H and O–H groups in total. The molecule has 5 nitrogen and oxygen atoms in total. The number of nitrogens with zero attached hydrogens (tertiary/aromatic N) is 2. The molecule has 0 atom stereocenters. The Bertz CT molecular complexity index is 470. The van der Waals surface area contributed by atoms with Gasteiger partial charge in [0.15, 0.2) is 0 Å². The van der Waals surface area contributed by atoms with Crippen molar-refractivity contribution in [3.63, 3.8) is 0 Å². The lowest BCUT2D eigenvalue weighted by Gasteiger charge is -2.02. The van der Waals surface area contributed by atoms with Gasteiger partial charge in [-0.3, -0.25) is 9.82 Å². The Labute approximate surface area is 93.0 Å². The predicted octanol–water partition coefficient (Wildman–Crippen LogP) is 1.12. The predicted molar refractivity (Wildman–Crippen MR) is 60.9 cm³/mol. The number of nitrogens with two attached hydrogens (primary N) is 2. The SMILES string of the molecule is NOCc1ccc(-c2cccc(N)n2)nc1. The molecule has 0 amide bonds. The Balaban J connectivity index is 2.27. The summed E-state index contributed by atoms with van der Waals surface area (Å²) in [6.45, 7) is 0.345. The van der Waals surface area contributed by atoms with Gasteiger partial charge in [0.05, 0.1) is 18.0 Å². The minimum absolute atomic E-state index is 0.345. The van der Waals surface area contributed by atoms with Crippen LogP contribution >= 0.6 is 0 Å². The van der Waals surface area contributed by atoms with Crippen LogP contribution in [0.5, 0.6) is 0 Å². The highest BCUT2D eigenvalue weighted by Gasteiger charge is 2.01. The third-order valence-corrected chi connectivity index (χ3v) is 2.11. The molecule has 5 heteroatoms. The minimum atomic E-state index is 0.345. The maximum atomic E-state index is 5.60. The molecule has 0 saturated heterocycles. The number of nitrogen functional groups attached to an aromatic ring is 1. The average molecular weight is 216 g/mol. The van der Waals surface area contributed by atoms with Crippen molar-refractivity contribution in [1.82, 2.24) is 9.97 Å². The molecule has 2 rings (SSSR count). The van der Waals surface area contributed by atoms with Crippen molar-refractivity contribution in [1.29, 1.82) is 0 Å². The molecule has 2 heterocycles. The van der Waals surface area contributed by atoms with Crippen molar-refractivity contribution in [3.8, 4) is 11.4 Å². The summed E-state index contributed by atoms with van der Waals surface area (Å²) >= 11 is 0. The van der Waals surface area contributed by atoms with E-state index in [9.17, 15) is 0 Å². The molecule has 2 aromatic heterocycles. The summed E-state index contributed by atoms with van der Waals surface area (Å²) in [7, 11) is 0. The van der Waals surface area contributed by atoms with Crippen LogP contribution in [0.4, 0.5) is 5.82 Å². The van der Waals surface area contributed by atoms with E-state index < -0.39 is 0 Å². The molecule has 0 saturated carbocycles. The Hall–Kier alpha value is -1.98. The third-order valence-electron chi connectivity index (χ3n) is 2.11. The Kier molecular flexibility index (Phi) is 3.09. The first kappa shape index (κ1) is 10.5. The van der Waals surface area contributed by atoms with Crippen LogP contribution < -0.4 is 11.6 Å². The minimum Gasteiger partial charge on any atom is -0.384 e. The summed E-state index contributed by atoms with van der Waals surface area (Å²) < 4.78 is 0. The van der Waals surface area contributed by atoms with E-state index >= 15 is 0 Å². The smallest absolute Gasteiger partial charge is 0.124 e. The zero-order valence-corrected chi connectivity index (χ0v) is 8.63. The molecule has 0 bridgehead atoms. The largest absolute Gasteiger partial charge is 0.384 e. The number of aromatic nitrogens is 2. The van der Waals surface area contributed by atoms with Crippen molar-refractivity contribution < 1.29 is 4.84 Å². The second kappa shape index (κ2) is 4.69. The highest BCUT2D eigenvalue weighted by atomic mass is 16.6. The summed E-state index contributed by atoms with van der Waals surface area (Å²) in [4.78, 5) is 13.0. The molecule has 0 spiro atoms. The number of hydrogen-bond acceptors (Lipinski definition) is 5. The van der Waals surface area contributed by atoms with Gasteiger partial charge in [0.25, 0.3) is 0 Å². The van der Waals surface area contributed by atoms with Gasteiger partial charge in [-0.1, -0.05) is 12.1 Å². The quantitative estimate of drug-likeness (QED) is 0.750. The summed E-state index contributed by atoms with van der Waals surface area (Å²) in [5, 5.41) is 0. The van der Waals surface area contributed by atoms with Gasteiger partial charge in [-0.25, -0.2) is 10.9 Å². The normalized spacial score (nSPS) is 10.3. The first-order chi connectivity index (χ1) is 7.79. The van der Waals surface area contributed by atoms with E-state index in [1.54, 1.807) is 12.3 Å². The lowest BCUT2D eigenvalue weighted by atomic mass is 10.2. The highest BCUT2D eigenvalue weighted by molar-refractivity contribution is 5.56. The van der Waals surface area contributed by atoms with Crippen molar-refractivity contribution in [2.75, 3.05) is 5.73 Å². The first-order valence-electron chi connectivity index (χ1n) is 4.79. The van der Waals surface area contributed by atoms with E-state index in [1.165, 1.54) is 0 Å². The van der Waals surface area contributed by atoms with Gasteiger partial charge < -0.3 is 5.73 Å². The van der Waals surface area contributed by atoms with Crippen LogP contribution in [0, 0.1) is 0 Å². The van der Waals surface area contributed by atoms with E-state index in [1.807, 2.05) is 24.3 Å². The van der Waals surface area contributed by atoms with Gasteiger partial charge in [-0.15, -0.1) is 0 Å². The van der Waals surface area contributed by atoms with Gasteiger partial charge in [0.1, 0.15) is 5.82 Å². The molecule has 0 aliphatic rings. The number of anilines is 1. The zero-order valence-electron chi connectivity index (χ0n) is 8.63. The maximum absolute atomic E-state index is 5.60. The van der Waals surface area contributed by atoms with Crippen molar-refractivity contribution in [2.24, 2.45) is 5.90 Å². The molecule has 16 heavy (non-hydrogen) atoms. The van der Waals surface area contributed by atoms with Crippen LogP contribution in [0.25, 0.3) is 11.4 Å². The molecular formula is C11H12N4O. The van der Waals surface area contributed by atoms with E-state index in [2.05, 4.69) is 14.8 Å². The fourth-order valence-electron chi connectivity index (χ4n) is 1.35. The van der Waals surface area contributed by atoms with Crippen LogP contribution in [0.3, 0.4) is 0 Å². The van der Waals surface area contributed by atoms with Gasteiger partial charge in [0.2, 0.25) is 0 Å². The summed E-state index contributed by atoms with van der Waals surface area (Å²) in [6, 6.07) is 9.18. The molecule has 0 aliphatic carbocycles. The second-order valence-electron chi connectivity index (χ2n) is 3.31. The average Bonchev–Trinajstić information content (AvgIpc) is 2.30. The molecule has 0 unspecified atom stereocenters. The fraction of sp³-hybridized carbons (Fsp3) is 0.0909. The van der Waals surface area contributed by atoms with Crippen LogP contribution in [-0.4, -0.2) is 9.97 Å². The Morgan fingerprint density at radius 1 is 1.12 bits per heavy atom. The maximum Gasteiger partial charge on any atom is 0.124 e. The number of hydrogen-bond donors (Lipinski definition) is 2. The molecule has 0 aromatic carbocycles. The van der Waals surface area contributed by atoms with Crippen molar-refractivity contribution >= 4 is 5.82 Å². The summed E-state index contributed by atoms with van der Waals surface area (Å²) in [5.74, 6) is 5.45. The first-order valence-corrected chi connectivity index (χ1v) is 4.79. The lowest BCUT2D eigenvalue weighted by Crippen LogP contribution is -1.99.